The molecule has 1 aliphatic heterocycles. The molecule has 1 N–H and O–H groups in total. The van der Waals surface area contributed by atoms with Crippen molar-refractivity contribution in [3.05, 3.63) is 36.4 Å². The zero-order chi connectivity index (χ0) is 13.8. The average Bonchev–Trinajstić information content (AvgIpc) is 2.52. The van der Waals surface area contributed by atoms with Crippen LogP contribution in [0.2, 0.25) is 0 Å². The summed E-state index contributed by atoms with van der Waals surface area (Å²) in [7, 11) is -3.56. The number of rotatable bonds is 2. The fraction of sp³-hybridized carbons (Fsp3) is 0.286. The summed E-state index contributed by atoms with van der Waals surface area (Å²) in [6.45, 7) is 3.25. The minimum Gasteiger partial charge on any atom is -0.389 e. The number of hydrogen-bond acceptors (Lipinski definition) is 3. The lowest BCUT2D eigenvalue weighted by atomic mass is 10.1. The van der Waals surface area contributed by atoms with Gasteiger partial charge in [-0.05, 0) is 31.4 Å². The molecule has 4 nitrogen and oxygen atoms in total. The predicted molar refractivity (Wildman–Crippen MR) is 74.8 cm³/mol. The molecule has 0 unspecified atom stereocenters. The normalized spacial score (nSPS) is 17.1. The molecule has 0 spiro atoms. The third-order valence-corrected chi connectivity index (χ3v) is 5.01. The first kappa shape index (κ1) is 12.4. The van der Waals surface area contributed by atoms with E-state index in [4.69, 9.17) is 0 Å². The average molecular weight is 277 g/mol. The van der Waals surface area contributed by atoms with E-state index < -0.39 is 15.6 Å². The van der Waals surface area contributed by atoms with Crippen molar-refractivity contribution in [1.82, 2.24) is 0 Å². The number of β-amino-alcohol motifs (C(OH)–C–C–N with tert-alkyl or cyclic N) is 1. The minimum atomic E-state index is -3.56. The molecular formula is C14H15NO3S. The van der Waals surface area contributed by atoms with E-state index in [0.29, 0.717) is 10.6 Å². The Hall–Kier alpha value is -1.59. The molecule has 5 heteroatoms. The zero-order valence-corrected chi connectivity index (χ0v) is 11.6. The van der Waals surface area contributed by atoms with E-state index >= 15 is 0 Å². The molecule has 0 atom stereocenters. The minimum absolute atomic E-state index is 0.0448. The Morgan fingerprint density at radius 2 is 1.79 bits per heavy atom. The highest BCUT2D eigenvalue weighted by Gasteiger charge is 2.37. The van der Waals surface area contributed by atoms with Crippen LogP contribution in [0.1, 0.15) is 13.8 Å². The summed E-state index contributed by atoms with van der Waals surface area (Å²) < 4.78 is 26.4. The van der Waals surface area contributed by atoms with Gasteiger partial charge in [-0.2, -0.15) is 0 Å². The van der Waals surface area contributed by atoms with Crippen LogP contribution in [0.15, 0.2) is 41.3 Å². The van der Waals surface area contributed by atoms with Crippen molar-refractivity contribution >= 4 is 26.5 Å². The number of hydrogen-bond donors (Lipinski definition) is 1. The van der Waals surface area contributed by atoms with Crippen LogP contribution in [0.25, 0.3) is 10.8 Å². The van der Waals surface area contributed by atoms with E-state index in [-0.39, 0.29) is 6.54 Å². The molecule has 0 radical (unpaired) electrons. The fourth-order valence-electron chi connectivity index (χ4n) is 2.48. The van der Waals surface area contributed by atoms with Crippen LogP contribution < -0.4 is 4.31 Å². The van der Waals surface area contributed by atoms with Gasteiger partial charge in [-0.3, -0.25) is 4.31 Å². The SMILES string of the molecule is CC(C)(O)CN1c2cccc3cccc(c23)S1(=O)=O. The summed E-state index contributed by atoms with van der Waals surface area (Å²) in [5.41, 5.74) is -0.438. The van der Waals surface area contributed by atoms with Crippen LogP contribution in [-0.2, 0) is 10.0 Å². The second-order valence-corrected chi connectivity index (χ2v) is 7.29. The zero-order valence-electron chi connectivity index (χ0n) is 10.8. The number of sulfonamides is 1. The van der Waals surface area contributed by atoms with E-state index in [9.17, 15) is 13.5 Å². The Balaban J connectivity index is 2.30. The van der Waals surface area contributed by atoms with Gasteiger partial charge in [0.2, 0.25) is 0 Å². The molecule has 0 aromatic heterocycles. The van der Waals surface area contributed by atoms with Gasteiger partial charge < -0.3 is 5.11 Å². The lowest BCUT2D eigenvalue weighted by molar-refractivity contribution is 0.0910. The van der Waals surface area contributed by atoms with E-state index in [1.165, 1.54) is 4.31 Å². The molecule has 0 fully saturated rings. The molecule has 2 aromatic rings. The Labute approximate surface area is 112 Å². The largest absolute Gasteiger partial charge is 0.389 e. The van der Waals surface area contributed by atoms with Gasteiger partial charge in [0.1, 0.15) is 0 Å². The number of anilines is 1. The maximum Gasteiger partial charge on any atom is 0.265 e. The van der Waals surface area contributed by atoms with Gasteiger partial charge in [0.25, 0.3) is 10.0 Å². The summed E-state index contributed by atoms with van der Waals surface area (Å²) in [5.74, 6) is 0. The molecule has 2 aromatic carbocycles. The summed E-state index contributed by atoms with van der Waals surface area (Å²) in [5, 5.41) is 11.6. The molecule has 0 saturated carbocycles. The molecule has 100 valence electrons. The predicted octanol–water partition coefficient (Wildman–Crippen LogP) is 2.12. The van der Waals surface area contributed by atoms with Gasteiger partial charge >= 0.3 is 0 Å². The highest BCUT2D eigenvalue weighted by atomic mass is 32.2. The quantitative estimate of drug-likeness (QED) is 0.914. The molecule has 19 heavy (non-hydrogen) atoms. The first-order chi connectivity index (χ1) is 8.81. The van der Waals surface area contributed by atoms with Crippen LogP contribution in [0.4, 0.5) is 5.69 Å². The van der Waals surface area contributed by atoms with Crippen LogP contribution >= 0.6 is 0 Å². The number of benzene rings is 2. The molecule has 1 aliphatic rings. The summed E-state index contributed by atoms with van der Waals surface area (Å²) in [4.78, 5) is 0.324. The number of aliphatic hydroxyl groups is 1. The van der Waals surface area contributed by atoms with Crippen molar-refractivity contribution in [2.75, 3.05) is 10.8 Å². The first-order valence-electron chi connectivity index (χ1n) is 6.08. The maximum absolute atomic E-state index is 12.6. The Kier molecular flexibility index (Phi) is 2.43. The van der Waals surface area contributed by atoms with E-state index in [0.717, 1.165) is 10.8 Å². The molecule has 1 heterocycles. The fourth-order valence-corrected chi connectivity index (χ4v) is 4.35. The van der Waals surface area contributed by atoms with Crippen molar-refractivity contribution in [1.29, 1.82) is 0 Å². The highest BCUT2D eigenvalue weighted by molar-refractivity contribution is 7.93. The lowest BCUT2D eigenvalue weighted by Gasteiger charge is -2.26. The first-order valence-corrected chi connectivity index (χ1v) is 7.52. The van der Waals surface area contributed by atoms with Crippen LogP contribution in [0, 0.1) is 0 Å². The molecule has 0 bridgehead atoms. The highest BCUT2D eigenvalue weighted by Crippen LogP contribution is 2.42. The summed E-state index contributed by atoms with van der Waals surface area (Å²) >= 11 is 0. The van der Waals surface area contributed by atoms with Crippen LogP contribution in [0.3, 0.4) is 0 Å². The van der Waals surface area contributed by atoms with Crippen molar-refractivity contribution in [3.63, 3.8) is 0 Å². The third kappa shape index (κ3) is 1.81. The molecular weight excluding hydrogens is 262 g/mol. The topological polar surface area (TPSA) is 57.6 Å². The second-order valence-electron chi connectivity index (χ2n) is 5.46. The molecule has 0 saturated heterocycles. The number of nitrogens with zero attached hydrogens (tertiary/aromatic N) is 1. The smallest absolute Gasteiger partial charge is 0.265 e. The van der Waals surface area contributed by atoms with Crippen molar-refractivity contribution < 1.29 is 13.5 Å². The van der Waals surface area contributed by atoms with Gasteiger partial charge in [0, 0.05) is 5.39 Å². The second kappa shape index (κ2) is 3.71. The Morgan fingerprint density at radius 3 is 2.42 bits per heavy atom. The molecule has 0 aliphatic carbocycles. The maximum atomic E-state index is 12.6. The van der Waals surface area contributed by atoms with Crippen LogP contribution in [0.5, 0.6) is 0 Å². The lowest BCUT2D eigenvalue weighted by Crippen LogP contribution is -2.40. The van der Waals surface area contributed by atoms with E-state index in [1.807, 2.05) is 18.2 Å². The van der Waals surface area contributed by atoms with E-state index in [1.54, 1.807) is 32.0 Å². The summed E-state index contributed by atoms with van der Waals surface area (Å²) in [6, 6.07) is 10.8. The van der Waals surface area contributed by atoms with Crippen LogP contribution in [-0.4, -0.2) is 25.7 Å². The van der Waals surface area contributed by atoms with Crippen molar-refractivity contribution in [3.8, 4) is 0 Å². The Bertz CT molecular complexity index is 755. The van der Waals surface area contributed by atoms with Gasteiger partial charge in [-0.1, -0.05) is 24.3 Å². The molecule has 0 amide bonds. The summed E-state index contributed by atoms with van der Waals surface area (Å²) in [6.07, 6.45) is 0. The monoisotopic (exact) mass is 277 g/mol. The van der Waals surface area contributed by atoms with Gasteiger partial charge in [-0.25, -0.2) is 8.42 Å². The standard InChI is InChI=1S/C14H15NO3S/c1-14(2,16)9-15-11-7-3-5-10-6-4-8-12(13(10)11)19(15,17)18/h3-8,16H,9H2,1-2H3. The molecule has 3 rings (SSSR count). The van der Waals surface area contributed by atoms with E-state index in [2.05, 4.69) is 0 Å². The van der Waals surface area contributed by atoms with Gasteiger partial charge in [0.05, 0.1) is 22.7 Å². The third-order valence-electron chi connectivity index (χ3n) is 3.21. The van der Waals surface area contributed by atoms with Crippen molar-refractivity contribution in [2.24, 2.45) is 0 Å². The van der Waals surface area contributed by atoms with Gasteiger partial charge in [0.15, 0.2) is 0 Å². The van der Waals surface area contributed by atoms with Gasteiger partial charge in [-0.15, -0.1) is 0 Å². The van der Waals surface area contributed by atoms with Crippen molar-refractivity contribution in [2.45, 2.75) is 24.3 Å². The Morgan fingerprint density at radius 1 is 1.16 bits per heavy atom.